The summed E-state index contributed by atoms with van der Waals surface area (Å²) in [6.45, 7) is 2.89. The molecule has 1 amide bonds. The SMILES string of the molecule is COc1ccc(CCCNC(=O)C2CCN(Cc3nc(-c4ccc(OC)c(OC)c4)no3)CC2)cc1. The Balaban J connectivity index is 1.19. The first-order valence-corrected chi connectivity index (χ1v) is 12.3. The van der Waals surface area contributed by atoms with E-state index in [1.165, 1.54) is 5.56 Å². The molecule has 3 aromatic rings. The van der Waals surface area contributed by atoms with Crippen LogP contribution in [0.5, 0.6) is 17.2 Å². The maximum absolute atomic E-state index is 12.6. The monoisotopic (exact) mass is 494 g/mol. The lowest BCUT2D eigenvalue weighted by Gasteiger charge is -2.30. The average molecular weight is 495 g/mol. The minimum atomic E-state index is 0.0484. The average Bonchev–Trinajstić information content (AvgIpc) is 3.39. The molecule has 192 valence electrons. The van der Waals surface area contributed by atoms with Crippen LogP contribution in [-0.2, 0) is 17.8 Å². The second-order valence-electron chi connectivity index (χ2n) is 8.87. The largest absolute Gasteiger partial charge is 0.497 e. The van der Waals surface area contributed by atoms with Crippen molar-refractivity contribution in [1.29, 1.82) is 0 Å². The second-order valence-corrected chi connectivity index (χ2v) is 8.87. The zero-order valence-corrected chi connectivity index (χ0v) is 21.2. The van der Waals surface area contributed by atoms with E-state index in [1.54, 1.807) is 21.3 Å². The lowest BCUT2D eigenvalue weighted by molar-refractivity contribution is -0.126. The van der Waals surface area contributed by atoms with Gasteiger partial charge in [-0.1, -0.05) is 17.3 Å². The summed E-state index contributed by atoms with van der Waals surface area (Å²) < 4.78 is 21.3. The van der Waals surface area contributed by atoms with E-state index in [-0.39, 0.29) is 11.8 Å². The van der Waals surface area contributed by atoms with E-state index >= 15 is 0 Å². The quantitative estimate of drug-likeness (QED) is 0.403. The molecule has 0 unspecified atom stereocenters. The van der Waals surface area contributed by atoms with Crippen molar-refractivity contribution >= 4 is 5.91 Å². The molecule has 1 aliphatic heterocycles. The van der Waals surface area contributed by atoms with Gasteiger partial charge >= 0.3 is 0 Å². The van der Waals surface area contributed by atoms with Crippen LogP contribution in [0.4, 0.5) is 0 Å². The van der Waals surface area contributed by atoms with E-state index in [9.17, 15) is 4.79 Å². The van der Waals surface area contributed by atoms with Crippen molar-refractivity contribution in [2.45, 2.75) is 32.2 Å². The molecule has 0 saturated carbocycles. The molecule has 0 bridgehead atoms. The third kappa shape index (κ3) is 6.54. The summed E-state index contributed by atoms with van der Waals surface area (Å²) in [5, 5.41) is 7.23. The maximum atomic E-state index is 12.6. The van der Waals surface area contributed by atoms with Crippen molar-refractivity contribution in [2.75, 3.05) is 41.0 Å². The first kappa shape index (κ1) is 25.5. The standard InChI is InChI=1S/C27H34N4O5/c1-33-22-9-6-19(7-10-22)5-4-14-28-27(32)20-12-15-31(16-13-20)18-25-29-26(30-36-25)21-8-11-23(34-2)24(17-21)35-3/h6-11,17,20H,4-5,12-16,18H2,1-3H3,(H,28,32). The van der Waals surface area contributed by atoms with Crippen LogP contribution < -0.4 is 19.5 Å². The fraction of sp³-hybridized carbons (Fsp3) is 0.444. The van der Waals surface area contributed by atoms with E-state index in [2.05, 4.69) is 32.5 Å². The lowest BCUT2D eigenvalue weighted by Crippen LogP contribution is -2.40. The van der Waals surface area contributed by atoms with Gasteiger partial charge in [-0.3, -0.25) is 9.69 Å². The summed E-state index contributed by atoms with van der Waals surface area (Å²) in [7, 11) is 4.86. The van der Waals surface area contributed by atoms with Gasteiger partial charge in [-0.2, -0.15) is 4.98 Å². The fourth-order valence-corrected chi connectivity index (χ4v) is 4.40. The molecular weight excluding hydrogens is 460 g/mol. The molecule has 4 rings (SSSR count). The van der Waals surface area contributed by atoms with E-state index in [1.807, 2.05) is 30.3 Å². The summed E-state index contributed by atoms with van der Waals surface area (Å²) in [4.78, 5) is 19.4. The number of likely N-dealkylation sites (tertiary alicyclic amines) is 1. The summed E-state index contributed by atoms with van der Waals surface area (Å²) in [6, 6.07) is 13.6. The van der Waals surface area contributed by atoms with Crippen molar-refractivity contribution in [3.63, 3.8) is 0 Å². The van der Waals surface area contributed by atoms with E-state index in [4.69, 9.17) is 18.7 Å². The summed E-state index contributed by atoms with van der Waals surface area (Å²) >= 11 is 0. The predicted octanol–water partition coefficient (Wildman–Crippen LogP) is 3.72. The molecule has 1 N–H and O–H groups in total. The number of aryl methyl sites for hydroxylation is 1. The smallest absolute Gasteiger partial charge is 0.241 e. The Kier molecular flexibility index (Phi) is 8.78. The van der Waals surface area contributed by atoms with Gasteiger partial charge in [0.1, 0.15) is 5.75 Å². The molecule has 1 saturated heterocycles. The van der Waals surface area contributed by atoms with Crippen molar-refractivity contribution in [3.8, 4) is 28.6 Å². The van der Waals surface area contributed by atoms with Crippen LogP contribution in [0.2, 0.25) is 0 Å². The highest BCUT2D eigenvalue weighted by Gasteiger charge is 2.26. The van der Waals surface area contributed by atoms with Crippen molar-refractivity contribution < 1.29 is 23.5 Å². The van der Waals surface area contributed by atoms with E-state index < -0.39 is 0 Å². The number of methoxy groups -OCH3 is 3. The van der Waals surface area contributed by atoms with Crippen LogP contribution in [0.15, 0.2) is 47.0 Å². The number of carbonyl (C=O) groups excluding carboxylic acids is 1. The summed E-state index contributed by atoms with van der Waals surface area (Å²) in [6.07, 6.45) is 3.48. The molecular formula is C27H34N4O5. The first-order chi connectivity index (χ1) is 17.6. The number of piperidine rings is 1. The third-order valence-corrected chi connectivity index (χ3v) is 6.53. The number of nitrogens with zero attached hydrogens (tertiary/aromatic N) is 3. The second kappa shape index (κ2) is 12.4. The molecule has 0 radical (unpaired) electrons. The maximum Gasteiger partial charge on any atom is 0.241 e. The summed E-state index contributed by atoms with van der Waals surface area (Å²) in [5.41, 5.74) is 2.04. The molecule has 36 heavy (non-hydrogen) atoms. The Bertz CT molecular complexity index is 1120. The zero-order valence-electron chi connectivity index (χ0n) is 21.2. The van der Waals surface area contributed by atoms with Crippen molar-refractivity contribution in [1.82, 2.24) is 20.4 Å². The molecule has 1 fully saturated rings. The van der Waals surface area contributed by atoms with Crippen LogP contribution in [0.1, 0.15) is 30.7 Å². The molecule has 2 aromatic carbocycles. The van der Waals surface area contributed by atoms with Gasteiger partial charge in [0.15, 0.2) is 11.5 Å². The van der Waals surface area contributed by atoms with Crippen LogP contribution in [0.25, 0.3) is 11.4 Å². The Labute approximate surface area is 211 Å². The highest BCUT2D eigenvalue weighted by Crippen LogP contribution is 2.31. The van der Waals surface area contributed by atoms with Crippen LogP contribution >= 0.6 is 0 Å². The van der Waals surface area contributed by atoms with Gasteiger partial charge in [-0.05, 0) is 74.7 Å². The minimum Gasteiger partial charge on any atom is -0.497 e. The Morgan fingerprint density at radius 3 is 2.47 bits per heavy atom. The number of carbonyl (C=O) groups is 1. The third-order valence-electron chi connectivity index (χ3n) is 6.53. The topological polar surface area (TPSA) is 99.0 Å². The van der Waals surface area contributed by atoms with Gasteiger partial charge in [0.25, 0.3) is 0 Å². The van der Waals surface area contributed by atoms with Crippen LogP contribution in [0.3, 0.4) is 0 Å². The first-order valence-electron chi connectivity index (χ1n) is 12.3. The van der Waals surface area contributed by atoms with Crippen LogP contribution in [0, 0.1) is 5.92 Å². The highest BCUT2D eigenvalue weighted by molar-refractivity contribution is 5.78. The molecule has 1 aromatic heterocycles. The van der Waals surface area contributed by atoms with E-state index in [0.29, 0.717) is 36.3 Å². The number of hydrogen-bond acceptors (Lipinski definition) is 8. The van der Waals surface area contributed by atoms with Crippen molar-refractivity contribution in [3.05, 3.63) is 53.9 Å². The Morgan fingerprint density at radius 1 is 1.03 bits per heavy atom. The number of rotatable bonds is 11. The molecule has 9 nitrogen and oxygen atoms in total. The molecule has 0 aliphatic carbocycles. The Hall–Kier alpha value is -3.59. The molecule has 9 heteroatoms. The molecule has 0 atom stereocenters. The zero-order chi connectivity index (χ0) is 25.3. The normalized spacial score (nSPS) is 14.4. The number of nitrogens with one attached hydrogen (secondary N) is 1. The number of benzene rings is 2. The van der Waals surface area contributed by atoms with Crippen molar-refractivity contribution in [2.24, 2.45) is 5.92 Å². The fourth-order valence-electron chi connectivity index (χ4n) is 4.40. The van der Waals surface area contributed by atoms with Gasteiger partial charge in [-0.15, -0.1) is 0 Å². The van der Waals surface area contributed by atoms with E-state index in [0.717, 1.165) is 50.1 Å². The van der Waals surface area contributed by atoms with Gasteiger partial charge in [-0.25, -0.2) is 0 Å². The predicted molar refractivity (Wildman–Crippen MR) is 135 cm³/mol. The molecule has 1 aliphatic rings. The number of ether oxygens (including phenoxy) is 3. The Morgan fingerprint density at radius 2 is 1.78 bits per heavy atom. The minimum absolute atomic E-state index is 0.0484. The summed E-state index contributed by atoms with van der Waals surface area (Å²) in [5.74, 6) is 3.38. The van der Waals surface area contributed by atoms with Gasteiger partial charge < -0.3 is 24.1 Å². The number of hydrogen-bond donors (Lipinski definition) is 1. The lowest BCUT2D eigenvalue weighted by atomic mass is 9.96. The highest BCUT2D eigenvalue weighted by atomic mass is 16.5. The molecule has 0 spiro atoms. The van der Waals surface area contributed by atoms with Gasteiger partial charge in [0, 0.05) is 18.0 Å². The number of aromatic nitrogens is 2. The number of amides is 1. The van der Waals surface area contributed by atoms with Gasteiger partial charge in [0.05, 0.1) is 27.9 Å². The molecule has 2 heterocycles. The van der Waals surface area contributed by atoms with Gasteiger partial charge in [0.2, 0.25) is 17.6 Å². The van der Waals surface area contributed by atoms with Crippen LogP contribution in [-0.4, -0.2) is 61.9 Å².